The second-order valence-electron chi connectivity index (χ2n) is 6.19. The number of rotatable bonds is 8. The smallest absolute Gasteiger partial charge is 0.321 e. The summed E-state index contributed by atoms with van der Waals surface area (Å²) in [4.78, 5) is 23.7. The van der Waals surface area contributed by atoms with Crippen molar-refractivity contribution in [3.63, 3.8) is 0 Å². The number of thioether (sulfide) groups is 1. The number of amides is 3. The highest BCUT2D eigenvalue weighted by Crippen LogP contribution is 2.29. The number of hydrogen-bond acceptors (Lipinski definition) is 5. The molecule has 0 radical (unpaired) electrons. The van der Waals surface area contributed by atoms with Crippen LogP contribution in [0.3, 0.4) is 0 Å². The summed E-state index contributed by atoms with van der Waals surface area (Å²) in [5, 5.41) is 14.4. The van der Waals surface area contributed by atoms with Crippen LogP contribution in [0.5, 0.6) is 0 Å². The summed E-state index contributed by atoms with van der Waals surface area (Å²) >= 11 is 7.56. The van der Waals surface area contributed by atoms with Crippen LogP contribution in [0.1, 0.15) is 5.56 Å². The van der Waals surface area contributed by atoms with Crippen molar-refractivity contribution in [2.24, 2.45) is 0 Å². The molecule has 1 heterocycles. The fourth-order valence-corrected chi connectivity index (χ4v) is 3.61. The number of urea groups is 1. The number of benzene rings is 2. The van der Waals surface area contributed by atoms with Gasteiger partial charge in [-0.05, 0) is 17.7 Å². The lowest BCUT2D eigenvalue weighted by molar-refractivity contribution is -0.117. The van der Waals surface area contributed by atoms with Crippen LogP contribution in [0, 0.1) is 0 Å². The second kappa shape index (κ2) is 10.6. The number of aromatic nitrogens is 3. The molecule has 9 heteroatoms. The zero-order chi connectivity index (χ0) is 21.3. The van der Waals surface area contributed by atoms with E-state index in [1.807, 2.05) is 53.1 Å². The molecular weight excluding hydrogens is 422 g/mol. The van der Waals surface area contributed by atoms with Crippen LogP contribution in [0.15, 0.2) is 72.4 Å². The summed E-state index contributed by atoms with van der Waals surface area (Å²) in [5.41, 5.74) is 1.81. The Bertz CT molecular complexity index is 1040. The topological polar surface area (TPSA) is 88.9 Å². The third kappa shape index (κ3) is 5.71. The van der Waals surface area contributed by atoms with Crippen molar-refractivity contribution in [2.45, 2.75) is 11.7 Å². The van der Waals surface area contributed by atoms with Crippen molar-refractivity contribution in [3.8, 4) is 11.4 Å². The van der Waals surface area contributed by atoms with Crippen molar-refractivity contribution in [2.75, 3.05) is 12.3 Å². The first-order valence-corrected chi connectivity index (χ1v) is 10.5. The van der Waals surface area contributed by atoms with E-state index < -0.39 is 11.9 Å². The molecule has 3 aromatic rings. The number of nitrogens with zero attached hydrogens (tertiary/aromatic N) is 3. The molecule has 7 nitrogen and oxygen atoms in total. The number of imide groups is 1. The molecule has 0 spiro atoms. The molecule has 3 rings (SSSR count). The molecule has 3 amide bonds. The maximum Gasteiger partial charge on any atom is 0.321 e. The van der Waals surface area contributed by atoms with Gasteiger partial charge in [-0.25, -0.2) is 4.79 Å². The Kier molecular flexibility index (Phi) is 7.64. The lowest BCUT2D eigenvalue weighted by atomic mass is 10.2. The van der Waals surface area contributed by atoms with E-state index in [4.69, 9.17) is 11.6 Å². The van der Waals surface area contributed by atoms with E-state index in [0.717, 1.165) is 11.1 Å². The Hall–Kier alpha value is -3.10. The molecule has 0 aliphatic carbocycles. The van der Waals surface area contributed by atoms with E-state index in [1.54, 1.807) is 6.07 Å². The average molecular weight is 442 g/mol. The fourth-order valence-electron chi connectivity index (χ4n) is 2.65. The Morgan fingerprint density at radius 2 is 1.83 bits per heavy atom. The third-order valence-electron chi connectivity index (χ3n) is 4.01. The van der Waals surface area contributed by atoms with Gasteiger partial charge in [-0.3, -0.25) is 14.7 Å². The molecule has 2 N–H and O–H groups in total. The molecule has 0 saturated carbocycles. The van der Waals surface area contributed by atoms with Crippen LogP contribution < -0.4 is 10.6 Å². The molecule has 0 unspecified atom stereocenters. The molecule has 0 bridgehead atoms. The van der Waals surface area contributed by atoms with Crippen LogP contribution in [0.2, 0.25) is 5.02 Å². The van der Waals surface area contributed by atoms with E-state index >= 15 is 0 Å². The van der Waals surface area contributed by atoms with Crippen LogP contribution in [0.25, 0.3) is 11.4 Å². The zero-order valence-corrected chi connectivity index (χ0v) is 17.6. The highest BCUT2D eigenvalue weighted by Gasteiger charge is 2.18. The summed E-state index contributed by atoms with van der Waals surface area (Å²) in [6, 6.07) is 16.7. The monoisotopic (exact) mass is 441 g/mol. The summed E-state index contributed by atoms with van der Waals surface area (Å²) in [7, 11) is 0. The van der Waals surface area contributed by atoms with Gasteiger partial charge in [0.1, 0.15) is 0 Å². The first kappa shape index (κ1) is 21.6. The Balaban J connectivity index is 1.80. The first-order valence-electron chi connectivity index (χ1n) is 9.12. The molecule has 1 aromatic heterocycles. The molecule has 2 aromatic carbocycles. The van der Waals surface area contributed by atoms with E-state index in [2.05, 4.69) is 27.4 Å². The van der Waals surface area contributed by atoms with Gasteiger partial charge in [-0.2, -0.15) is 0 Å². The predicted molar refractivity (Wildman–Crippen MR) is 118 cm³/mol. The van der Waals surface area contributed by atoms with Crippen LogP contribution in [-0.2, 0) is 11.3 Å². The van der Waals surface area contributed by atoms with E-state index in [0.29, 0.717) is 22.5 Å². The van der Waals surface area contributed by atoms with Gasteiger partial charge in [0.2, 0.25) is 5.91 Å². The standard InChI is InChI=1S/C21H20ClN5O2S/c1-2-12-23-20(29)24-18(28)14-30-21-26-25-19(16-10-6-7-11-17(16)22)27(21)13-15-8-4-3-5-9-15/h2-11H,1,12-14H2,(H2,23,24,28,29). The maximum absolute atomic E-state index is 12.1. The lowest BCUT2D eigenvalue weighted by Crippen LogP contribution is -2.40. The lowest BCUT2D eigenvalue weighted by Gasteiger charge is -2.11. The minimum atomic E-state index is -0.567. The second-order valence-corrected chi connectivity index (χ2v) is 7.54. The molecule has 0 atom stereocenters. The van der Waals surface area contributed by atoms with Gasteiger partial charge < -0.3 is 5.32 Å². The SMILES string of the molecule is C=CCNC(=O)NC(=O)CSc1nnc(-c2ccccc2Cl)n1Cc1ccccc1. The van der Waals surface area contributed by atoms with Gasteiger partial charge in [-0.15, -0.1) is 16.8 Å². The quantitative estimate of drug-likeness (QED) is 0.410. The van der Waals surface area contributed by atoms with Crippen molar-refractivity contribution < 1.29 is 9.59 Å². The van der Waals surface area contributed by atoms with Gasteiger partial charge >= 0.3 is 6.03 Å². The van der Waals surface area contributed by atoms with Gasteiger partial charge in [0.25, 0.3) is 0 Å². The van der Waals surface area contributed by atoms with Crippen molar-refractivity contribution in [1.29, 1.82) is 0 Å². The molecule has 0 saturated heterocycles. The molecule has 0 aliphatic heterocycles. The van der Waals surface area contributed by atoms with Crippen molar-refractivity contribution in [3.05, 3.63) is 77.8 Å². The summed E-state index contributed by atoms with van der Waals surface area (Å²) in [5.74, 6) is 0.183. The van der Waals surface area contributed by atoms with Crippen LogP contribution >= 0.6 is 23.4 Å². The van der Waals surface area contributed by atoms with Crippen LogP contribution in [-0.4, -0.2) is 39.0 Å². The third-order valence-corrected chi connectivity index (χ3v) is 5.30. The van der Waals surface area contributed by atoms with E-state index in [9.17, 15) is 9.59 Å². The predicted octanol–water partition coefficient (Wildman–Crippen LogP) is 3.75. The van der Waals surface area contributed by atoms with Crippen molar-refractivity contribution >= 4 is 35.3 Å². The van der Waals surface area contributed by atoms with Crippen molar-refractivity contribution in [1.82, 2.24) is 25.4 Å². The first-order chi connectivity index (χ1) is 14.6. The number of hydrogen-bond donors (Lipinski definition) is 2. The van der Waals surface area contributed by atoms with Gasteiger partial charge in [0.15, 0.2) is 11.0 Å². The highest BCUT2D eigenvalue weighted by molar-refractivity contribution is 7.99. The zero-order valence-electron chi connectivity index (χ0n) is 16.0. The molecular formula is C21H20ClN5O2S. The van der Waals surface area contributed by atoms with Gasteiger partial charge in [0, 0.05) is 12.1 Å². The summed E-state index contributed by atoms with van der Waals surface area (Å²) in [6.45, 7) is 4.30. The number of halogens is 1. The molecule has 30 heavy (non-hydrogen) atoms. The Morgan fingerprint density at radius 3 is 2.57 bits per heavy atom. The normalized spacial score (nSPS) is 10.4. The minimum absolute atomic E-state index is 0.0109. The number of nitrogens with one attached hydrogen (secondary N) is 2. The molecule has 0 aliphatic rings. The minimum Gasteiger partial charge on any atom is -0.334 e. The van der Waals surface area contributed by atoms with Gasteiger partial charge in [0.05, 0.1) is 17.3 Å². The fraction of sp³-hybridized carbons (Fsp3) is 0.143. The number of carbonyl (C=O) groups excluding carboxylic acids is 2. The van der Waals surface area contributed by atoms with Crippen LogP contribution in [0.4, 0.5) is 4.79 Å². The van der Waals surface area contributed by atoms with E-state index in [1.165, 1.54) is 17.8 Å². The summed E-state index contributed by atoms with van der Waals surface area (Å²) < 4.78 is 1.91. The largest absolute Gasteiger partial charge is 0.334 e. The average Bonchev–Trinajstić information content (AvgIpc) is 3.14. The maximum atomic E-state index is 12.1. The Labute approximate surface area is 183 Å². The molecule has 0 fully saturated rings. The highest BCUT2D eigenvalue weighted by atomic mass is 35.5. The van der Waals surface area contributed by atoms with E-state index in [-0.39, 0.29) is 12.3 Å². The molecule has 154 valence electrons. The van der Waals surface area contributed by atoms with Gasteiger partial charge in [-0.1, -0.05) is 71.9 Å². The number of carbonyl (C=O) groups is 2. The summed E-state index contributed by atoms with van der Waals surface area (Å²) in [6.07, 6.45) is 1.53. The Morgan fingerprint density at radius 1 is 1.10 bits per heavy atom.